The average molecular weight is 336 g/mol. The molecule has 4 nitrogen and oxygen atoms in total. The highest BCUT2D eigenvalue weighted by Gasteiger charge is 2.03. The summed E-state index contributed by atoms with van der Waals surface area (Å²) >= 11 is 5.15. The molecular weight excluding hydrogens is 326 g/mol. The molecule has 0 atom stereocenters. The summed E-state index contributed by atoms with van der Waals surface area (Å²) in [6.07, 6.45) is 1.33. The number of nitrogens with one attached hydrogen (secondary N) is 1. The Labute approximate surface area is 122 Å². The fourth-order valence-electron chi connectivity index (χ4n) is 1.67. The van der Waals surface area contributed by atoms with E-state index in [1.54, 1.807) is 11.3 Å². The molecule has 2 heterocycles. The van der Waals surface area contributed by atoms with E-state index < -0.39 is 0 Å². The van der Waals surface area contributed by atoms with Crippen LogP contribution in [0.2, 0.25) is 0 Å². The molecule has 2 aromatic heterocycles. The standard InChI is InChI=1S/C13H10BrN3OS/c14-12-5-9(7-19-12)6-15-11-3-1-10(2-4-11)13-17-16-8-18-13/h1-5,7-8,15H,6H2. The van der Waals surface area contributed by atoms with Gasteiger partial charge in [-0.15, -0.1) is 21.5 Å². The molecule has 0 spiro atoms. The van der Waals surface area contributed by atoms with Crippen molar-refractivity contribution in [3.63, 3.8) is 0 Å². The number of nitrogens with zero attached hydrogens (tertiary/aromatic N) is 2. The van der Waals surface area contributed by atoms with Gasteiger partial charge in [0.15, 0.2) is 0 Å². The van der Waals surface area contributed by atoms with Crippen LogP contribution < -0.4 is 5.32 Å². The smallest absolute Gasteiger partial charge is 0.247 e. The predicted molar refractivity (Wildman–Crippen MR) is 79.1 cm³/mol. The van der Waals surface area contributed by atoms with Gasteiger partial charge >= 0.3 is 0 Å². The number of halogens is 1. The second-order valence-corrected chi connectivity index (χ2v) is 6.22. The van der Waals surface area contributed by atoms with Crippen LogP contribution in [0.3, 0.4) is 0 Å². The molecule has 0 radical (unpaired) electrons. The maximum Gasteiger partial charge on any atom is 0.247 e. The molecule has 0 saturated carbocycles. The van der Waals surface area contributed by atoms with Crippen LogP contribution in [0.15, 0.2) is 50.3 Å². The molecule has 0 amide bonds. The van der Waals surface area contributed by atoms with Crippen molar-refractivity contribution in [3.05, 3.63) is 51.5 Å². The van der Waals surface area contributed by atoms with Gasteiger partial charge in [-0.3, -0.25) is 0 Å². The summed E-state index contributed by atoms with van der Waals surface area (Å²) in [6, 6.07) is 10.0. The summed E-state index contributed by atoms with van der Waals surface area (Å²) in [4.78, 5) is 0. The maximum atomic E-state index is 5.14. The zero-order valence-electron chi connectivity index (χ0n) is 9.84. The van der Waals surface area contributed by atoms with Crippen molar-refractivity contribution in [1.82, 2.24) is 10.2 Å². The Morgan fingerprint density at radius 1 is 1.26 bits per heavy atom. The quantitative estimate of drug-likeness (QED) is 0.777. The molecule has 0 fully saturated rings. The summed E-state index contributed by atoms with van der Waals surface area (Å²) in [5, 5.41) is 13.0. The zero-order valence-corrected chi connectivity index (χ0v) is 12.2. The second kappa shape index (κ2) is 5.54. The van der Waals surface area contributed by atoms with Crippen LogP contribution in [0.25, 0.3) is 11.5 Å². The second-order valence-electron chi connectivity index (χ2n) is 3.93. The van der Waals surface area contributed by atoms with E-state index in [9.17, 15) is 0 Å². The van der Waals surface area contributed by atoms with Crippen molar-refractivity contribution in [3.8, 4) is 11.5 Å². The summed E-state index contributed by atoms with van der Waals surface area (Å²) in [7, 11) is 0. The van der Waals surface area contributed by atoms with Gasteiger partial charge in [0, 0.05) is 17.8 Å². The molecule has 1 N–H and O–H groups in total. The van der Waals surface area contributed by atoms with Gasteiger partial charge < -0.3 is 9.73 Å². The lowest BCUT2D eigenvalue weighted by Gasteiger charge is -2.05. The first-order valence-corrected chi connectivity index (χ1v) is 7.32. The van der Waals surface area contributed by atoms with E-state index >= 15 is 0 Å². The molecule has 6 heteroatoms. The van der Waals surface area contributed by atoms with Gasteiger partial charge in [0.05, 0.1) is 3.79 Å². The number of aromatic nitrogens is 2. The van der Waals surface area contributed by atoms with Gasteiger partial charge in [0.1, 0.15) is 0 Å². The third-order valence-electron chi connectivity index (χ3n) is 2.61. The number of anilines is 1. The van der Waals surface area contributed by atoms with Crippen LogP contribution >= 0.6 is 27.3 Å². The zero-order chi connectivity index (χ0) is 13.1. The normalized spacial score (nSPS) is 10.6. The first-order chi connectivity index (χ1) is 9.31. The van der Waals surface area contributed by atoms with E-state index in [1.807, 2.05) is 24.3 Å². The highest BCUT2D eigenvalue weighted by atomic mass is 79.9. The van der Waals surface area contributed by atoms with Crippen LogP contribution in [-0.2, 0) is 6.54 Å². The lowest BCUT2D eigenvalue weighted by atomic mass is 10.2. The minimum absolute atomic E-state index is 0.535. The summed E-state index contributed by atoms with van der Waals surface area (Å²) in [5.74, 6) is 0.535. The highest BCUT2D eigenvalue weighted by Crippen LogP contribution is 2.22. The summed E-state index contributed by atoms with van der Waals surface area (Å²) < 4.78 is 6.29. The first kappa shape index (κ1) is 12.4. The van der Waals surface area contributed by atoms with Crippen LogP contribution in [-0.4, -0.2) is 10.2 Å². The average Bonchev–Trinajstić information content (AvgIpc) is 3.08. The number of rotatable bonds is 4. The van der Waals surface area contributed by atoms with Crippen LogP contribution in [0.5, 0.6) is 0 Å². The van der Waals surface area contributed by atoms with Gasteiger partial charge in [0.2, 0.25) is 12.3 Å². The van der Waals surface area contributed by atoms with Gasteiger partial charge in [-0.2, -0.15) is 0 Å². The fourth-order valence-corrected chi connectivity index (χ4v) is 2.88. The third-order valence-corrected chi connectivity index (χ3v) is 4.16. The van der Waals surface area contributed by atoms with Crippen molar-refractivity contribution in [1.29, 1.82) is 0 Å². The molecule has 0 aliphatic heterocycles. The molecule has 0 aliphatic carbocycles. The number of benzene rings is 1. The van der Waals surface area contributed by atoms with E-state index in [1.165, 1.54) is 12.0 Å². The van der Waals surface area contributed by atoms with E-state index in [2.05, 4.69) is 42.9 Å². The van der Waals surface area contributed by atoms with Crippen molar-refractivity contribution in [2.45, 2.75) is 6.54 Å². The van der Waals surface area contributed by atoms with Crippen LogP contribution in [0, 0.1) is 0 Å². The van der Waals surface area contributed by atoms with Crippen molar-refractivity contribution >= 4 is 33.0 Å². The molecule has 0 saturated heterocycles. The Balaban J connectivity index is 1.66. The van der Waals surface area contributed by atoms with Crippen LogP contribution in [0.1, 0.15) is 5.56 Å². The number of hydrogen-bond donors (Lipinski definition) is 1. The van der Waals surface area contributed by atoms with E-state index in [-0.39, 0.29) is 0 Å². The summed E-state index contributed by atoms with van der Waals surface area (Å²) in [5.41, 5.74) is 3.24. The van der Waals surface area contributed by atoms with E-state index in [0.717, 1.165) is 21.6 Å². The van der Waals surface area contributed by atoms with E-state index in [0.29, 0.717) is 5.89 Å². The number of hydrogen-bond acceptors (Lipinski definition) is 5. The molecule has 3 rings (SSSR count). The SMILES string of the molecule is Brc1cc(CNc2ccc(-c3nnco3)cc2)cs1. The molecule has 96 valence electrons. The third kappa shape index (κ3) is 3.02. The fraction of sp³-hybridized carbons (Fsp3) is 0.0769. The van der Waals surface area contributed by atoms with Gasteiger partial charge in [-0.1, -0.05) is 0 Å². The first-order valence-electron chi connectivity index (χ1n) is 5.64. The minimum Gasteiger partial charge on any atom is -0.423 e. The number of thiophene rings is 1. The van der Waals surface area contributed by atoms with E-state index in [4.69, 9.17) is 4.42 Å². The predicted octanol–water partition coefficient (Wildman–Crippen LogP) is 4.17. The van der Waals surface area contributed by atoms with Crippen molar-refractivity contribution in [2.24, 2.45) is 0 Å². The monoisotopic (exact) mass is 335 g/mol. The van der Waals surface area contributed by atoms with Crippen LogP contribution in [0.4, 0.5) is 5.69 Å². The lowest BCUT2D eigenvalue weighted by molar-refractivity contribution is 0.568. The Morgan fingerprint density at radius 2 is 2.11 bits per heavy atom. The molecule has 1 aromatic carbocycles. The van der Waals surface area contributed by atoms with Gasteiger partial charge in [-0.25, -0.2) is 0 Å². The van der Waals surface area contributed by atoms with Gasteiger partial charge in [0.25, 0.3) is 0 Å². The topological polar surface area (TPSA) is 51.0 Å². The maximum absolute atomic E-state index is 5.14. The molecular formula is C13H10BrN3OS. The summed E-state index contributed by atoms with van der Waals surface area (Å²) in [6.45, 7) is 0.808. The minimum atomic E-state index is 0.535. The lowest BCUT2D eigenvalue weighted by Crippen LogP contribution is -1.97. The molecule has 0 unspecified atom stereocenters. The van der Waals surface area contributed by atoms with Crippen molar-refractivity contribution < 1.29 is 4.42 Å². The Morgan fingerprint density at radius 3 is 2.74 bits per heavy atom. The molecule has 19 heavy (non-hydrogen) atoms. The van der Waals surface area contributed by atoms with Gasteiger partial charge in [-0.05, 0) is 57.2 Å². The van der Waals surface area contributed by atoms with Crippen molar-refractivity contribution in [2.75, 3.05) is 5.32 Å². The molecule has 0 aliphatic rings. The Bertz CT molecular complexity index is 649. The highest BCUT2D eigenvalue weighted by molar-refractivity contribution is 9.11. The Kier molecular flexibility index (Phi) is 3.61. The largest absolute Gasteiger partial charge is 0.423 e. The Hall–Kier alpha value is -1.66. The molecule has 0 bridgehead atoms. The molecule has 3 aromatic rings.